The maximum absolute atomic E-state index is 12.6. The summed E-state index contributed by atoms with van der Waals surface area (Å²) in [6, 6.07) is 17.3. The van der Waals surface area contributed by atoms with E-state index in [1.54, 1.807) is 0 Å². The van der Waals surface area contributed by atoms with Gasteiger partial charge in [0.2, 0.25) is 35.7 Å². The van der Waals surface area contributed by atoms with Gasteiger partial charge in [-0.15, -0.1) is 0 Å². The van der Waals surface area contributed by atoms with Crippen LogP contribution in [0.2, 0.25) is 0 Å². The molecular weight excluding hydrogens is 976 g/mol. The van der Waals surface area contributed by atoms with Crippen LogP contribution in [0.3, 0.4) is 0 Å². The van der Waals surface area contributed by atoms with E-state index >= 15 is 0 Å². The van der Waals surface area contributed by atoms with Crippen molar-refractivity contribution in [3.63, 3.8) is 0 Å². The minimum absolute atomic E-state index is 0. The molecule has 0 saturated carbocycles. The van der Waals surface area contributed by atoms with Crippen LogP contribution in [0.5, 0.6) is 0 Å². The van der Waals surface area contributed by atoms with Crippen molar-refractivity contribution < 1.29 is 93.1 Å². The van der Waals surface area contributed by atoms with Gasteiger partial charge in [-0.2, -0.15) is 63.6 Å². The zero-order valence-corrected chi connectivity index (χ0v) is 39.6. The summed E-state index contributed by atoms with van der Waals surface area (Å²) >= 11 is 0. The maximum atomic E-state index is 12.6. The first-order chi connectivity index (χ1) is 31.1. The van der Waals surface area contributed by atoms with Gasteiger partial charge in [-0.25, -0.2) is 0 Å². The van der Waals surface area contributed by atoms with E-state index in [0.717, 1.165) is 48.6 Å². The molecule has 12 N–H and O–H groups in total. The number of benzene rings is 4. The Morgan fingerprint density at radius 2 is 0.746 bits per heavy atom. The number of nitrogens with zero attached hydrogens (tertiary/aromatic N) is 6. The van der Waals surface area contributed by atoms with Crippen LogP contribution in [0.15, 0.2) is 105 Å². The normalized spacial score (nSPS) is 12.0. The first-order valence-corrected chi connectivity index (χ1v) is 24.2. The number of nitrogens with one attached hydrogen (secondary N) is 6. The summed E-state index contributed by atoms with van der Waals surface area (Å²) < 4.78 is 136. The summed E-state index contributed by atoms with van der Waals surface area (Å²) in [5.41, 5.74) is -0.00857. The van der Waals surface area contributed by atoms with E-state index < -0.39 is 60.1 Å². The average molecular weight is 1010 g/mol. The van der Waals surface area contributed by atoms with E-state index in [0.29, 0.717) is 0 Å². The molecule has 67 heavy (non-hydrogen) atoms. The van der Waals surface area contributed by atoms with E-state index in [1.165, 1.54) is 48.5 Å². The third-order valence-corrected chi connectivity index (χ3v) is 11.9. The summed E-state index contributed by atoms with van der Waals surface area (Å²) in [6.07, 6.45) is 2.29. The fourth-order valence-corrected chi connectivity index (χ4v) is 8.05. The monoisotopic (exact) mass is 1010 g/mol. The molecule has 0 amide bonds. The summed E-state index contributed by atoms with van der Waals surface area (Å²) in [7, 11) is -19.1. The fraction of sp³-hybridized carbons (Fsp3) is 0.111. The van der Waals surface area contributed by atoms with Gasteiger partial charge in [0.1, 0.15) is 9.79 Å². The molecule has 6 rings (SSSR count). The zero-order chi connectivity index (χ0) is 47.9. The number of hydrogen-bond acceptors (Lipinski definition) is 22. The third-order valence-electron chi connectivity index (χ3n) is 8.37. The first kappa shape index (κ1) is 52.0. The molecule has 0 spiro atoms. The molecule has 0 unspecified atom stereocenters. The molecule has 0 bridgehead atoms. The Labute approximate surface area is 405 Å². The van der Waals surface area contributed by atoms with Crippen LogP contribution in [0, 0.1) is 0 Å². The number of rotatable bonds is 20. The third kappa shape index (κ3) is 14.7. The van der Waals surface area contributed by atoms with Gasteiger partial charge in [0.25, 0.3) is 40.5 Å². The smallest absolute Gasteiger partial charge is 1.00 e. The largest absolute Gasteiger partial charge is 1.00 e. The Kier molecular flexibility index (Phi) is 16.9. The molecule has 2 heterocycles. The molecule has 350 valence electrons. The van der Waals surface area contributed by atoms with E-state index in [4.69, 9.17) is 0 Å². The molecule has 0 aliphatic carbocycles. The van der Waals surface area contributed by atoms with Crippen molar-refractivity contribution in [1.29, 1.82) is 0 Å². The van der Waals surface area contributed by atoms with Crippen molar-refractivity contribution in [2.75, 3.05) is 58.2 Å². The zero-order valence-electron chi connectivity index (χ0n) is 35.3. The Balaban J connectivity index is 0.00000504. The van der Waals surface area contributed by atoms with Crippen LogP contribution in [0.4, 0.5) is 58.4 Å². The number of hydrogen-bond donors (Lipinski definition) is 12. The van der Waals surface area contributed by atoms with Crippen molar-refractivity contribution in [1.82, 2.24) is 29.9 Å². The first-order valence-electron chi connectivity index (χ1n) is 18.4. The van der Waals surface area contributed by atoms with E-state index in [2.05, 4.69) is 61.8 Å². The van der Waals surface area contributed by atoms with E-state index in [-0.39, 0.29) is 127 Å². The summed E-state index contributed by atoms with van der Waals surface area (Å²) in [6.45, 7) is -0.641. The van der Waals surface area contributed by atoms with Crippen LogP contribution in [-0.2, 0) is 40.5 Å². The van der Waals surface area contributed by atoms with Crippen LogP contribution in [-0.4, -0.2) is 118 Å². The molecule has 0 radical (unpaired) electrons. The predicted octanol–water partition coefficient (Wildman–Crippen LogP) is 0.113. The molecule has 0 fully saturated rings. The van der Waals surface area contributed by atoms with Gasteiger partial charge < -0.3 is 43.5 Å². The van der Waals surface area contributed by atoms with Crippen molar-refractivity contribution >= 4 is 111 Å². The molecular formula is C36H37N12NaO14S4. The van der Waals surface area contributed by atoms with Gasteiger partial charge in [0.05, 0.1) is 23.0 Å². The van der Waals surface area contributed by atoms with Gasteiger partial charge >= 0.3 is 29.6 Å². The molecule has 2 aromatic heterocycles. The topological polar surface area (TPSA) is 407 Å². The maximum Gasteiger partial charge on any atom is 1.00 e. The number of aliphatic hydroxyl groups is 2. The minimum Gasteiger partial charge on any atom is -1.00 e. The van der Waals surface area contributed by atoms with E-state index in [1.807, 2.05) is 0 Å². The quantitative estimate of drug-likeness (QED) is 0.0274. The Bertz CT molecular complexity index is 3070. The van der Waals surface area contributed by atoms with E-state index in [9.17, 15) is 62.1 Å². The van der Waals surface area contributed by atoms with Crippen molar-refractivity contribution in [2.45, 2.75) is 19.6 Å². The number of aliphatic hydroxyl groups excluding tert-OH is 2. The van der Waals surface area contributed by atoms with Crippen LogP contribution >= 0.6 is 0 Å². The summed E-state index contributed by atoms with van der Waals surface area (Å²) in [5.74, 6) is -0.911. The standard InChI is InChI=1S/C36H36N12O14S4.Na.H/c49-15-13-37-31-43-33(39-23-3-1-5-27(17-23)63(51,52)53)47-35(45-31)41-25-11-9-21(29(19-25)65(57,58)59)7-8-22-10-12-26(20-30(22)66(60,61)62)42-36-46-32(38-14-16-50)44-34(48-36)40-24-4-2-6-28(18-24)64(54,55)56;;/h1-12,17-20,49-50H,13-16H2,(H,51,52,53)(H,54,55,56)(H,57,58,59)(H,60,61,62)(H3,37,39,41,43,45,47)(H3,38,40,42,44,46,48);;/q;+1;-1/b8-7+;;. The van der Waals surface area contributed by atoms with Crippen molar-refractivity contribution in [2.24, 2.45) is 0 Å². The van der Waals surface area contributed by atoms with Gasteiger partial charge in [0, 0.05) is 35.8 Å². The van der Waals surface area contributed by atoms with Crippen molar-refractivity contribution in [3.8, 4) is 0 Å². The molecule has 4 aromatic carbocycles. The van der Waals surface area contributed by atoms with Gasteiger partial charge in [-0.3, -0.25) is 18.2 Å². The Hall–Kier alpha value is -6.00. The fourth-order valence-electron chi connectivity index (χ4n) is 5.58. The van der Waals surface area contributed by atoms with Gasteiger partial charge in [-0.05, 0) is 71.8 Å². The average Bonchev–Trinajstić information content (AvgIpc) is 3.23. The summed E-state index contributed by atoms with van der Waals surface area (Å²) in [4.78, 5) is 22.9. The Morgan fingerprint density at radius 3 is 1.04 bits per heavy atom. The molecule has 0 saturated heterocycles. The second-order valence-electron chi connectivity index (χ2n) is 13.2. The molecule has 26 nitrogen and oxygen atoms in total. The van der Waals surface area contributed by atoms with Crippen LogP contribution in [0.25, 0.3) is 12.2 Å². The van der Waals surface area contributed by atoms with Gasteiger partial charge in [-0.1, -0.05) is 36.4 Å². The summed E-state index contributed by atoms with van der Waals surface area (Å²) in [5, 5.41) is 35.1. The molecule has 0 aliphatic rings. The number of aromatic nitrogens is 6. The van der Waals surface area contributed by atoms with Crippen molar-refractivity contribution in [3.05, 3.63) is 96.1 Å². The van der Waals surface area contributed by atoms with Gasteiger partial charge in [0.15, 0.2) is 0 Å². The Morgan fingerprint density at radius 1 is 0.433 bits per heavy atom. The second-order valence-corrected chi connectivity index (χ2v) is 18.8. The SMILES string of the molecule is O=S(=O)(O)c1cccc(Nc2nc(NCCO)nc(Nc3ccc(/C=C/c4ccc(Nc5nc(NCCO)nc(Nc6cccc(S(=O)(=O)O)c6)n5)cc4S(=O)(=O)O)c(S(=O)(=O)O)c3)n2)c1.[H-].[Na+]. The number of anilines is 10. The molecule has 6 aromatic rings. The van der Waals surface area contributed by atoms with Crippen LogP contribution < -0.4 is 61.5 Å². The molecule has 0 aliphatic heterocycles. The molecule has 0 atom stereocenters. The molecule has 31 heteroatoms. The predicted molar refractivity (Wildman–Crippen MR) is 239 cm³/mol. The second kappa shape index (κ2) is 21.7. The van der Waals surface area contributed by atoms with Crippen LogP contribution in [0.1, 0.15) is 12.6 Å². The minimum atomic E-state index is -4.98.